The van der Waals surface area contributed by atoms with Crippen molar-refractivity contribution < 1.29 is 4.74 Å². The lowest BCUT2D eigenvalue weighted by atomic mass is 10.0. The van der Waals surface area contributed by atoms with E-state index in [0.717, 1.165) is 11.6 Å². The highest BCUT2D eigenvalue weighted by atomic mass is 32.2. The zero-order chi connectivity index (χ0) is 14.5. The van der Waals surface area contributed by atoms with E-state index in [0.29, 0.717) is 17.0 Å². The van der Waals surface area contributed by atoms with Crippen molar-refractivity contribution in [2.45, 2.75) is 24.9 Å². The third-order valence-electron chi connectivity index (χ3n) is 2.88. The molecule has 1 aromatic heterocycles. The van der Waals surface area contributed by atoms with Gasteiger partial charge in [0, 0.05) is 13.1 Å². The second-order valence-electron chi connectivity index (χ2n) is 4.62. The smallest absolute Gasteiger partial charge is 0.225 e. The van der Waals surface area contributed by atoms with E-state index >= 15 is 0 Å². The van der Waals surface area contributed by atoms with Gasteiger partial charge in [0.1, 0.15) is 11.6 Å². The zero-order valence-corrected chi connectivity index (χ0v) is 13.0. The van der Waals surface area contributed by atoms with E-state index in [2.05, 4.69) is 35.2 Å². The van der Waals surface area contributed by atoms with Crippen LogP contribution in [-0.4, -0.2) is 23.3 Å². The Bertz CT molecular complexity index is 565. The number of hydrogen-bond acceptors (Lipinski definition) is 5. The van der Waals surface area contributed by atoms with Crippen molar-refractivity contribution in [3.63, 3.8) is 0 Å². The van der Waals surface area contributed by atoms with Crippen LogP contribution in [-0.2, 0) is 0 Å². The van der Waals surface area contributed by atoms with Gasteiger partial charge >= 0.3 is 0 Å². The van der Waals surface area contributed by atoms with Gasteiger partial charge in [-0.2, -0.15) is 4.98 Å². The molecule has 0 amide bonds. The summed E-state index contributed by atoms with van der Waals surface area (Å²) in [6, 6.07) is 9.84. The molecule has 4 nitrogen and oxygen atoms in total. The van der Waals surface area contributed by atoms with Crippen LogP contribution < -0.4 is 10.1 Å². The Hall–Kier alpha value is -1.75. The van der Waals surface area contributed by atoms with E-state index < -0.39 is 0 Å². The summed E-state index contributed by atoms with van der Waals surface area (Å²) in [6.45, 7) is 4.29. The Balaban J connectivity index is 2.34. The van der Waals surface area contributed by atoms with Gasteiger partial charge in [-0.05, 0) is 23.8 Å². The summed E-state index contributed by atoms with van der Waals surface area (Å²) in [5, 5.41) is 3.71. The average molecular weight is 289 g/mol. The van der Waals surface area contributed by atoms with Crippen molar-refractivity contribution in [1.29, 1.82) is 0 Å². The van der Waals surface area contributed by atoms with E-state index in [-0.39, 0.29) is 0 Å². The van der Waals surface area contributed by atoms with Crippen molar-refractivity contribution in [2.75, 3.05) is 18.6 Å². The minimum atomic E-state index is 0.400. The van der Waals surface area contributed by atoms with Gasteiger partial charge in [0.15, 0.2) is 5.16 Å². The summed E-state index contributed by atoms with van der Waals surface area (Å²) in [4.78, 5) is 8.72. The number of nitrogens with one attached hydrogen (secondary N) is 1. The number of para-hydroxylation sites is 1. The number of hydrogen-bond donors (Lipinski definition) is 1. The molecule has 1 aromatic carbocycles. The maximum absolute atomic E-state index is 5.95. The first kappa shape index (κ1) is 14.7. The molecule has 2 rings (SSSR count). The zero-order valence-electron chi connectivity index (χ0n) is 12.2. The topological polar surface area (TPSA) is 47.0 Å². The maximum atomic E-state index is 5.95. The largest absolute Gasteiger partial charge is 0.439 e. The molecule has 0 fully saturated rings. The molecule has 0 atom stereocenters. The average Bonchev–Trinajstić information content (AvgIpc) is 2.47. The molecule has 0 spiro atoms. The molecule has 0 saturated carbocycles. The number of thioether (sulfide) groups is 1. The number of anilines is 1. The van der Waals surface area contributed by atoms with Crippen LogP contribution in [0.4, 0.5) is 5.82 Å². The minimum absolute atomic E-state index is 0.400. The number of nitrogens with zero attached hydrogens (tertiary/aromatic N) is 2. The monoisotopic (exact) mass is 289 g/mol. The third-order valence-corrected chi connectivity index (χ3v) is 3.42. The van der Waals surface area contributed by atoms with Gasteiger partial charge in [-0.15, -0.1) is 0 Å². The van der Waals surface area contributed by atoms with Gasteiger partial charge in [-0.25, -0.2) is 4.98 Å². The molecular formula is C15H19N3OS. The van der Waals surface area contributed by atoms with Gasteiger partial charge in [0.2, 0.25) is 5.88 Å². The van der Waals surface area contributed by atoms with Gasteiger partial charge in [-0.3, -0.25) is 0 Å². The summed E-state index contributed by atoms with van der Waals surface area (Å²) in [6.07, 6.45) is 1.95. The summed E-state index contributed by atoms with van der Waals surface area (Å²) in [7, 11) is 1.83. The molecule has 0 aliphatic heterocycles. The molecule has 20 heavy (non-hydrogen) atoms. The summed E-state index contributed by atoms with van der Waals surface area (Å²) < 4.78 is 5.95. The Morgan fingerprint density at radius 2 is 1.95 bits per heavy atom. The normalized spacial score (nSPS) is 10.7. The second-order valence-corrected chi connectivity index (χ2v) is 5.40. The van der Waals surface area contributed by atoms with Gasteiger partial charge in [0.05, 0.1) is 0 Å². The Morgan fingerprint density at radius 1 is 1.20 bits per heavy atom. The van der Waals surface area contributed by atoms with Crippen LogP contribution in [0.3, 0.4) is 0 Å². The first-order chi connectivity index (χ1) is 9.63. The molecule has 0 aliphatic rings. The van der Waals surface area contributed by atoms with Crippen molar-refractivity contribution in [3.05, 3.63) is 35.9 Å². The highest BCUT2D eigenvalue weighted by Gasteiger charge is 2.10. The molecule has 106 valence electrons. The fourth-order valence-electron chi connectivity index (χ4n) is 1.84. The highest BCUT2D eigenvalue weighted by molar-refractivity contribution is 7.98. The van der Waals surface area contributed by atoms with E-state index in [1.165, 1.54) is 17.3 Å². The molecule has 5 heteroatoms. The number of ether oxygens (including phenoxy) is 1. The molecule has 1 N–H and O–H groups in total. The fraction of sp³-hybridized carbons (Fsp3) is 0.333. The number of aromatic nitrogens is 2. The lowest BCUT2D eigenvalue weighted by Crippen LogP contribution is -1.99. The maximum Gasteiger partial charge on any atom is 0.225 e. The van der Waals surface area contributed by atoms with Crippen molar-refractivity contribution in [3.8, 4) is 11.6 Å². The van der Waals surface area contributed by atoms with Crippen molar-refractivity contribution >= 4 is 17.6 Å². The predicted octanol–water partition coefficient (Wildman–Crippen LogP) is 4.16. The van der Waals surface area contributed by atoms with Crippen LogP contribution in [0.15, 0.2) is 35.5 Å². The first-order valence-corrected chi connectivity index (χ1v) is 7.74. The fourth-order valence-corrected chi connectivity index (χ4v) is 2.21. The highest BCUT2D eigenvalue weighted by Crippen LogP contribution is 2.30. The van der Waals surface area contributed by atoms with E-state index in [1.54, 1.807) is 6.07 Å². The Morgan fingerprint density at radius 3 is 2.60 bits per heavy atom. The molecule has 0 saturated heterocycles. The number of benzene rings is 1. The van der Waals surface area contributed by atoms with Crippen LogP contribution in [0.1, 0.15) is 25.3 Å². The SMILES string of the molecule is CNc1cc(Oc2ccccc2C(C)C)nc(SC)n1. The third kappa shape index (κ3) is 3.42. The first-order valence-electron chi connectivity index (χ1n) is 6.51. The summed E-state index contributed by atoms with van der Waals surface area (Å²) in [5.74, 6) is 2.55. The van der Waals surface area contributed by atoms with Crippen LogP contribution in [0.25, 0.3) is 0 Å². The van der Waals surface area contributed by atoms with Gasteiger partial charge in [0.25, 0.3) is 0 Å². The van der Waals surface area contributed by atoms with Crippen LogP contribution in [0.2, 0.25) is 0 Å². The van der Waals surface area contributed by atoms with Crippen LogP contribution >= 0.6 is 11.8 Å². The Labute approximate surface area is 124 Å². The molecule has 0 radical (unpaired) electrons. The Kier molecular flexibility index (Phi) is 4.84. The molecule has 2 aromatic rings. The lowest BCUT2D eigenvalue weighted by molar-refractivity contribution is 0.448. The van der Waals surface area contributed by atoms with Crippen LogP contribution in [0.5, 0.6) is 11.6 Å². The van der Waals surface area contributed by atoms with E-state index in [9.17, 15) is 0 Å². The summed E-state index contributed by atoms with van der Waals surface area (Å²) >= 11 is 1.49. The number of rotatable bonds is 5. The molecular weight excluding hydrogens is 270 g/mol. The van der Waals surface area contributed by atoms with E-state index in [1.807, 2.05) is 31.5 Å². The second kappa shape index (κ2) is 6.61. The molecule has 0 bridgehead atoms. The minimum Gasteiger partial charge on any atom is -0.439 e. The molecule has 1 heterocycles. The van der Waals surface area contributed by atoms with Crippen molar-refractivity contribution in [2.24, 2.45) is 0 Å². The standard InChI is InChI=1S/C15H19N3OS/c1-10(2)11-7-5-6-8-12(11)19-14-9-13(16-3)17-15(18-14)20-4/h5-10H,1-4H3,(H,16,17,18). The van der Waals surface area contributed by atoms with Crippen molar-refractivity contribution in [1.82, 2.24) is 9.97 Å². The quantitative estimate of drug-likeness (QED) is 0.661. The molecule has 0 aliphatic carbocycles. The van der Waals surface area contributed by atoms with Crippen LogP contribution in [0, 0.1) is 0 Å². The van der Waals surface area contributed by atoms with Gasteiger partial charge < -0.3 is 10.1 Å². The predicted molar refractivity (Wildman–Crippen MR) is 84.0 cm³/mol. The summed E-state index contributed by atoms with van der Waals surface area (Å²) in [5.41, 5.74) is 1.17. The van der Waals surface area contributed by atoms with E-state index in [4.69, 9.17) is 4.74 Å². The van der Waals surface area contributed by atoms with Gasteiger partial charge in [-0.1, -0.05) is 43.8 Å². The molecule has 0 unspecified atom stereocenters. The lowest BCUT2D eigenvalue weighted by Gasteiger charge is -2.13.